The summed E-state index contributed by atoms with van der Waals surface area (Å²) in [5.41, 5.74) is 5.83. The zero-order valence-corrected chi connectivity index (χ0v) is 26.7. The number of aromatic nitrogens is 4. The van der Waals surface area contributed by atoms with E-state index in [0.717, 1.165) is 0 Å². The molecule has 8 bridgehead atoms. The van der Waals surface area contributed by atoms with Crippen LogP contribution in [0.4, 0.5) is 13.2 Å². The maximum atomic E-state index is 14.0. The van der Waals surface area contributed by atoms with Crippen molar-refractivity contribution in [2.45, 2.75) is 71.8 Å². The van der Waals surface area contributed by atoms with Crippen molar-refractivity contribution in [1.82, 2.24) is 19.9 Å². The van der Waals surface area contributed by atoms with E-state index in [1.54, 1.807) is 39.0 Å². The highest BCUT2D eigenvalue weighted by Crippen LogP contribution is 2.41. The van der Waals surface area contributed by atoms with Gasteiger partial charge in [-0.15, -0.1) is 6.58 Å². The Labute approximate surface area is 273 Å². The number of hydrogen-bond donors (Lipinski definition) is 6. The summed E-state index contributed by atoms with van der Waals surface area (Å²) in [6, 6.07) is 6.32. The monoisotopic (exact) mass is 664 g/mol. The van der Waals surface area contributed by atoms with Crippen molar-refractivity contribution in [3.05, 3.63) is 81.9 Å². The number of aromatic amines is 2. The molecule has 2 aliphatic heterocycles. The largest absolute Gasteiger partial charge is 0.481 e. The van der Waals surface area contributed by atoms with Gasteiger partial charge in [-0.1, -0.05) is 6.08 Å². The molecule has 0 radical (unpaired) electrons. The minimum absolute atomic E-state index is 0.0193. The number of aliphatic hydroxyl groups excluding tert-OH is 2. The van der Waals surface area contributed by atoms with Crippen LogP contribution in [0.1, 0.15) is 96.8 Å². The van der Waals surface area contributed by atoms with E-state index < -0.39 is 30.3 Å². The van der Waals surface area contributed by atoms with Crippen molar-refractivity contribution in [1.29, 1.82) is 0 Å². The smallest absolute Gasteiger partial charge is 0.418 e. The zero-order valence-electron chi connectivity index (χ0n) is 26.7. The van der Waals surface area contributed by atoms with Gasteiger partial charge in [-0.25, -0.2) is 9.97 Å². The average Bonchev–Trinajstić information content (AvgIpc) is 3.67. The first kappa shape index (κ1) is 34.3. The number of carbonyl (C=O) groups is 2. The first-order chi connectivity index (χ1) is 22.5. The summed E-state index contributed by atoms with van der Waals surface area (Å²) < 4.78 is 42.0. The number of aliphatic hydroxyl groups is 2. The summed E-state index contributed by atoms with van der Waals surface area (Å²) in [5, 5.41) is 40.4. The Kier molecular flexibility index (Phi) is 9.22. The fraction of sp³-hybridized carbons (Fsp3) is 0.314. The number of nitrogens with one attached hydrogen (secondary N) is 2. The Morgan fingerprint density at radius 2 is 1.19 bits per heavy atom. The lowest BCUT2D eigenvalue weighted by molar-refractivity contribution is -0.206. The number of carboxylic acids is 2. The van der Waals surface area contributed by atoms with Gasteiger partial charge >= 0.3 is 18.1 Å². The zero-order chi connectivity index (χ0) is 35.2. The van der Waals surface area contributed by atoms with Gasteiger partial charge in [0, 0.05) is 46.0 Å². The summed E-state index contributed by atoms with van der Waals surface area (Å²) in [5.74, 6) is -2.03. The number of carboxylic acid groups (broad SMARTS) is 2. The minimum atomic E-state index is -4.98. The molecule has 6 N–H and O–H groups in total. The standard InChI is InChI=1S/C35H35F3N4O6/c1-6-29(43)32-17(4)24-13-28-33(34(48)35(36,37)38)18(5)23(42-28)11-21-15(2)19(7-9-30(44)45)25(39-21)14-26-20(8-10-31(46)47)16(3)22(40-26)12-27(32)41-24/h6,11-14,29,34,41-43,48H,1,7-10H2,2-5H3,(H,44,45)(H,46,47). The lowest BCUT2D eigenvalue weighted by atomic mass is 9.98. The van der Waals surface area contributed by atoms with Crippen LogP contribution in [0, 0.1) is 13.8 Å². The molecule has 5 heterocycles. The highest BCUT2D eigenvalue weighted by molar-refractivity contribution is 5.96. The molecule has 252 valence electrons. The Bertz CT molecular complexity index is 2090. The maximum absolute atomic E-state index is 14.0. The second-order valence-electron chi connectivity index (χ2n) is 11.9. The third-order valence-corrected chi connectivity index (χ3v) is 8.91. The molecule has 2 aliphatic rings. The van der Waals surface area contributed by atoms with Gasteiger partial charge in [0.15, 0.2) is 6.10 Å². The van der Waals surface area contributed by atoms with Crippen LogP contribution in [-0.4, -0.2) is 58.5 Å². The van der Waals surface area contributed by atoms with E-state index in [9.17, 15) is 43.2 Å². The molecule has 0 saturated heterocycles. The lowest BCUT2D eigenvalue weighted by Crippen LogP contribution is -2.20. The fourth-order valence-electron chi connectivity index (χ4n) is 6.26. The molecule has 2 unspecified atom stereocenters. The minimum Gasteiger partial charge on any atom is -0.481 e. The molecule has 48 heavy (non-hydrogen) atoms. The van der Waals surface area contributed by atoms with E-state index in [4.69, 9.17) is 9.97 Å². The molecule has 0 aromatic carbocycles. The molecule has 0 aliphatic carbocycles. The quantitative estimate of drug-likeness (QED) is 0.129. The summed E-state index contributed by atoms with van der Waals surface area (Å²) in [4.78, 5) is 38.9. The van der Waals surface area contributed by atoms with Crippen LogP contribution in [0.2, 0.25) is 0 Å². The number of aliphatic carboxylic acids is 2. The summed E-state index contributed by atoms with van der Waals surface area (Å²) >= 11 is 0. The Balaban J connectivity index is 1.98. The van der Waals surface area contributed by atoms with E-state index >= 15 is 0 Å². The maximum Gasteiger partial charge on any atom is 0.418 e. The summed E-state index contributed by atoms with van der Waals surface area (Å²) in [6.07, 6.45) is -7.77. The van der Waals surface area contributed by atoms with Crippen LogP contribution in [0.15, 0.2) is 36.9 Å². The van der Waals surface area contributed by atoms with Gasteiger partial charge in [0.1, 0.15) is 0 Å². The predicted molar refractivity (Wildman–Crippen MR) is 175 cm³/mol. The number of aryl methyl sites for hydroxylation is 2. The highest BCUT2D eigenvalue weighted by atomic mass is 19.4. The van der Waals surface area contributed by atoms with Crippen molar-refractivity contribution in [2.24, 2.45) is 0 Å². The molecule has 10 nitrogen and oxygen atoms in total. The van der Waals surface area contributed by atoms with Gasteiger partial charge < -0.3 is 30.4 Å². The van der Waals surface area contributed by atoms with E-state index in [2.05, 4.69) is 16.5 Å². The number of H-pyrrole nitrogens is 2. The van der Waals surface area contributed by atoms with E-state index in [1.807, 2.05) is 0 Å². The molecule has 0 amide bonds. The molecule has 3 aromatic rings. The highest BCUT2D eigenvalue weighted by Gasteiger charge is 2.41. The topological polar surface area (TPSA) is 172 Å². The number of halogens is 3. The lowest BCUT2D eigenvalue weighted by Gasteiger charge is -2.14. The SMILES string of the molecule is C=CC(O)c1c(C)c2cc3[nH]c(cc4nc(cc5nc(cc1[nH]2)C(C)=C5CCC(=O)O)C(CCC(=O)O)=C4C)c(C)c3C(O)C(F)(F)F. The van der Waals surface area contributed by atoms with E-state index in [0.29, 0.717) is 67.2 Å². The van der Waals surface area contributed by atoms with Crippen LogP contribution in [0.5, 0.6) is 0 Å². The molecule has 0 saturated carbocycles. The van der Waals surface area contributed by atoms with Crippen molar-refractivity contribution in [3.8, 4) is 0 Å². The molecule has 2 atom stereocenters. The molecule has 0 fully saturated rings. The van der Waals surface area contributed by atoms with Gasteiger partial charge in [0.05, 0.1) is 28.9 Å². The number of allylic oxidation sites excluding steroid dienone is 4. The van der Waals surface area contributed by atoms with E-state index in [1.165, 1.54) is 19.1 Å². The van der Waals surface area contributed by atoms with Crippen LogP contribution in [0.3, 0.4) is 0 Å². The Hall–Kier alpha value is -5.01. The molecule has 13 heteroatoms. The van der Waals surface area contributed by atoms with Gasteiger partial charge in [-0.2, -0.15) is 13.2 Å². The molecule has 3 aromatic heterocycles. The van der Waals surface area contributed by atoms with Crippen molar-refractivity contribution < 1.29 is 43.2 Å². The molecular weight excluding hydrogens is 629 g/mol. The molecule has 5 rings (SSSR count). The average molecular weight is 665 g/mol. The number of fused-ring (bicyclic) bond motifs is 8. The van der Waals surface area contributed by atoms with Gasteiger partial charge in [-0.05, 0) is 98.2 Å². The van der Waals surface area contributed by atoms with Crippen molar-refractivity contribution in [2.75, 3.05) is 0 Å². The second-order valence-corrected chi connectivity index (χ2v) is 11.9. The number of hydrogen-bond acceptors (Lipinski definition) is 6. The van der Waals surface area contributed by atoms with Crippen LogP contribution in [-0.2, 0) is 9.59 Å². The molecule has 0 spiro atoms. The van der Waals surface area contributed by atoms with Gasteiger partial charge in [0.25, 0.3) is 0 Å². The van der Waals surface area contributed by atoms with Crippen LogP contribution in [0.25, 0.3) is 44.4 Å². The third kappa shape index (κ3) is 6.43. The Morgan fingerprint density at radius 1 is 0.750 bits per heavy atom. The second kappa shape index (κ2) is 12.9. The summed E-state index contributed by atoms with van der Waals surface area (Å²) in [7, 11) is 0. The fourth-order valence-corrected chi connectivity index (χ4v) is 6.26. The normalized spacial score (nSPS) is 14.8. The van der Waals surface area contributed by atoms with Crippen LogP contribution < -0.4 is 0 Å². The molecular formula is C35H35F3N4O6. The number of nitrogens with zero attached hydrogens (tertiary/aromatic N) is 2. The Morgan fingerprint density at radius 3 is 1.65 bits per heavy atom. The van der Waals surface area contributed by atoms with Crippen molar-refractivity contribution in [3.63, 3.8) is 0 Å². The van der Waals surface area contributed by atoms with Crippen molar-refractivity contribution >= 4 is 56.3 Å². The number of rotatable bonds is 9. The first-order valence-electron chi connectivity index (χ1n) is 15.2. The first-order valence-corrected chi connectivity index (χ1v) is 15.2. The van der Waals surface area contributed by atoms with Gasteiger partial charge in [0.2, 0.25) is 0 Å². The van der Waals surface area contributed by atoms with Gasteiger partial charge in [-0.3, -0.25) is 9.59 Å². The number of alkyl halides is 3. The van der Waals surface area contributed by atoms with Crippen LogP contribution >= 0.6 is 0 Å². The summed E-state index contributed by atoms with van der Waals surface area (Å²) in [6.45, 7) is 10.4. The third-order valence-electron chi connectivity index (χ3n) is 8.91. The predicted octanol–water partition coefficient (Wildman–Crippen LogP) is 7.34. The van der Waals surface area contributed by atoms with E-state index in [-0.39, 0.29) is 47.8 Å².